The van der Waals surface area contributed by atoms with E-state index in [1.54, 1.807) is 28.3 Å². The van der Waals surface area contributed by atoms with Gasteiger partial charge < -0.3 is 44.9 Å². The third-order valence-corrected chi connectivity index (χ3v) is 25.2. The SMILES string of the molecule is C[C@H]1CN(c2ccncc2N)CCN1C(=O)OC(C)(C)C.C[C@H]1CN(c2ccncc2[N+](=O)[O-])CCN1C(=O)OC(C)(C)C.C[C@H]1CNCCC1C(=O)OC(C)(C)C.O=[N+]([O-])c1cnccc1Cl.[B][B]B(B([B])[B])B(B(B([B])[B])B([B])[B])B(B(B([B])[B])B([B])[B])B(B(B(B([B])[B])B([B])[B])B(B([B])[B])B([B])[B])B(B(B(B([B])[B])B([B])[B])B(B([B])[B])B([B])[B])B(B(B([B])[B])B([B])[B])B(B([B])[B])B([B])[B]. The summed E-state index contributed by atoms with van der Waals surface area (Å²) in [4.78, 5) is 75.3. The normalized spacial score (nSPS) is 14.6. The molecule has 4 atom stereocenters. The van der Waals surface area contributed by atoms with Gasteiger partial charge in [-0.1, -0.05) is 18.5 Å². The number of ether oxygens (including phenoxy) is 3. The summed E-state index contributed by atoms with van der Waals surface area (Å²) in [5.74, 6) is 0.431. The van der Waals surface area contributed by atoms with Crippen LogP contribution in [0.4, 0.5) is 38.0 Å². The Bertz CT molecular complexity index is 3910. The van der Waals surface area contributed by atoms with Crippen molar-refractivity contribution in [1.29, 1.82) is 0 Å². The summed E-state index contributed by atoms with van der Waals surface area (Å²) >= 11 is 5.44. The number of piperazine rings is 2. The summed E-state index contributed by atoms with van der Waals surface area (Å²) in [6.45, 7) is 28.3. The number of anilines is 3. The second kappa shape index (κ2) is 60.8. The molecular formula is C46H70B69ClN11O10. The molecule has 3 N–H and O–H groups in total. The van der Waals surface area contributed by atoms with Crippen LogP contribution in [0, 0.1) is 32.1 Å². The zero-order valence-corrected chi connectivity index (χ0v) is 82.0. The molecule has 3 fully saturated rings. The fourth-order valence-corrected chi connectivity index (χ4v) is 19.5. The van der Waals surface area contributed by atoms with Crippen molar-refractivity contribution in [2.75, 3.05) is 67.9 Å². The third-order valence-electron chi connectivity index (χ3n) is 24.9. The molecule has 91 heteroatoms. The largest absolute Gasteiger partial charge is 0.460 e. The molecule has 3 aliphatic heterocycles. The van der Waals surface area contributed by atoms with Crippen LogP contribution >= 0.6 is 11.6 Å². The van der Waals surface area contributed by atoms with Crippen LogP contribution < -0.4 is 20.9 Å². The minimum atomic E-state index is -1.68. The number of piperidine rings is 1. The number of esters is 1. The van der Waals surface area contributed by atoms with E-state index in [0.717, 1.165) is 51.5 Å². The van der Waals surface area contributed by atoms with E-state index < -0.39 is 232 Å². The molecular weight excluding hydrogens is 1650 g/mol. The van der Waals surface area contributed by atoms with Crippen molar-refractivity contribution < 1.29 is 38.4 Å². The smallest absolute Gasteiger partial charge is 0.410 e. The van der Waals surface area contributed by atoms with Gasteiger partial charge in [0, 0.05) is 559 Å². The quantitative estimate of drug-likeness (QED) is 0.0178. The van der Waals surface area contributed by atoms with Gasteiger partial charge in [-0.15, -0.1) is 0 Å². The number of amides is 2. The summed E-state index contributed by atoms with van der Waals surface area (Å²) in [5.41, 5.74) is 6.57. The number of nitrogen functional groups attached to an aromatic ring is 1. The first-order valence-electron chi connectivity index (χ1n) is 45.2. The molecule has 3 aromatic rings. The number of nitrogens with zero attached hydrogens (tertiary/aromatic N) is 9. The molecule has 3 aliphatic rings. The summed E-state index contributed by atoms with van der Waals surface area (Å²) in [7, 11) is 236. The van der Waals surface area contributed by atoms with E-state index in [2.05, 4.69) is 32.1 Å². The molecule has 21 nitrogen and oxygen atoms in total. The van der Waals surface area contributed by atoms with Gasteiger partial charge in [0.1, 0.15) is 39.9 Å². The molecule has 0 saturated carbocycles. The molecule has 0 spiro atoms. The predicted molar refractivity (Wildman–Crippen MR) is 658 cm³/mol. The first-order chi connectivity index (χ1) is 63.0. The van der Waals surface area contributed by atoms with Crippen LogP contribution in [0.25, 0.3) is 0 Å². The van der Waals surface area contributed by atoms with Gasteiger partial charge in [0.2, 0.25) is 0 Å². The van der Waals surface area contributed by atoms with Crippen molar-refractivity contribution in [2.45, 2.75) is 118 Å². The Hall–Kier alpha value is -1.61. The van der Waals surface area contributed by atoms with E-state index in [4.69, 9.17) is 302 Å². The van der Waals surface area contributed by atoms with Gasteiger partial charge in [-0.25, -0.2) is 9.59 Å². The summed E-state index contributed by atoms with van der Waals surface area (Å²) < 4.78 is 16.2. The van der Waals surface area contributed by atoms with Crippen molar-refractivity contribution in [3.63, 3.8) is 0 Å². The van der Waals surface area contributed by atoms with Crippen molar-refractivity contribution in [1.82, 2.24) is 30.1 Å². The van der Waals surface area contributed by atoms with E-state index in [-0.39, 0.29) is 58.2 Å². The maximum atomic E-state index is 12.2. The number of carbonyl (C=O) groups excluding carboxylic acids is 3. The Morgan fingerprint density at radius 1 is 0.409 bits per heavy atom. The van der Waals surface area contributed by atoms with Crippen LogP contribution in [-0.4, -0.2) is 623 Å². The second-order valence-corrected chi connectivity index (χ2v) is 39.3. The van der Waals surface area contributed by atoms with Crippen molar-refractivity contribution >= 4 is 547 Å². The number of nitrogens with one attached hydrogen (secondary N) is 1. The summed E-state index contributed by atoms with van der Waals surface area (Å²) in [6.07, 6.45) is -41.3. The highest BCUT2D eigenvalue weighted by atomic mass is 35.5. The lowest BCUT2D eigenvalue weighted by Gasteiger charge is -2.60. The van der Waals surface area contributed by atoms with E-state index in [9.17, 15) is 34.6 Å². The van der Waals surface area contributed by atoms with Crippen molar-refractivity contribution in [2.24, 2.45) is 11.8 Å². The lowest BCUT2D eigenvalue weighted by molar-refractivity contribution is -0.385. The molecule has 71 radical (unpaired) electrons. The van der Waals surface area contributed by atoms with Crippen LogP contribution in [0.3, 0.4) is 0 Å². The highest BCUT2D eigenvalue weighted by Gasteiger charge is 2.65. The zero-order valence-electron chi connectivity index (χ0n) is 81.3. The number of rotatable bonds is 38. The van der Waals surface area contributed by atoms with E-state index in [1.165, 1.54) is 24.7 Å². The second-order valence-electron chi connectivity index (χ2n) is 38.9. The molecule has 0 aromatic carbocycles. The number of nitrogens with two attached hydrogens (primary N) is 1. The Kier molecular flexibility index (Phi) is 58.3. The fourth-order valence-electron chi connectivity index (χ4n) is 19.3. The first-order valence-corrected chi connectivity index (χ1v) is 45.6. The Labute approximate surface area is 886 Å². The van der Waals surface area contributed by atoms with E-state index >= 15 is 0 Å². The molecule has 6 heterocycles. The van der Waals surface area contributed by atoms with E-state index in [1.807, 2.05) is 87.1 Å². The highest BCUT2D eigenvalue weighted by Crippen LogP contribution is 2.33. The molecule has 6 rings (SSSR count). The standard InChI is InChI=1S/C15H22N4O4.C15H24N4O2.C11H21NO2.C5H3ClN2O2.B69/c1-11-10-17(12-5-6-16-9-13(12)19(21)22)7-8-18(11)14(20)23-15(2,3)4;1-11-10-18(13-5-6-17-9-12(13)16)7-8-19(11)14(20)21-15(2,3)4;1-8-7-12-6-5-9(8)10(13)14-11(2,3)4;6-4-1-2-7-3-5(4)8(9)10;1-36-54(37(2)3)63(55(38(4)5)39(6)7)67(62(52(32)33)53(34)35)69(66(60(48(24)25)49(26)27)61(50(28)29)51(30)31)68(64(56(40(8)9)41(10)11)57(42(12)13)43(14)15)65(58(44(16)17)45(18)19)59(46(20)21)47(22)23/h5-6,9,11H,7-8,10H2,1-4H3;5-6,9,11H,7-8,10,16H2,1-4H3;8-9,12H,5-7H2,1-4H3;1-3H;/t2*11-;8-,9?;;/m000../s1. The lowest BCUT2D eigenvalue weighted by Crippen LogP contribution is -2.98. The highest BCUT2D eigenvalue weighted by molar-refractivity contribution is 8.39. The van der Waals surface area contributed by atoms with Gasteiger partial charge in [-0.2, -0.15) is 0 Å². The minimum absolute atomic E-state index is 0.0228. The molecule has 0 aliphatic carbocycles. The Morgan fingerprint density at radius 2 is 0.679 bits per heavy atom. The number of aromatic nitrogens is 3. The van der Waals surface area contributed by atoms with Crippen molar-refractivity contribution in [3.05, 3.63) is 80.6 Å². The topological polar surface area (TPSA) is 255 Å². The van der Waals surface area contributed by atoms with Crippen LogP contribution in [0.15, 0.2) is 55.4 Å². The van der Waals surface area contributed by atoms with Crippen LogP contribution in [0.1, 0.15) is 89.5 Å². The van der Waals surface area contributed by atoms with Gasteiger partial charge in [-0.05, 0) is 120 Å². The molecule has 3 aromatic heterocycles. The number of carbonyl (C=O) groups is 3. The molecule has 1 unspecified atom stereocenters. The van der Waals surface area contributed by atoms with Gasteiger partial charge in [0.15, 0.2) is 0 Å². The first kappa shape index (κ1) is 131. The molecule has 583 valence electrons. The third kappa shape index (κ3) is 40.4. The number of pyridine rings is 3. The Balaban J connectivity index is 0.000000733. The molecule has 137 heavy (non-hydrogen) atoms. The fraction of sp³-hybridized carbons (Fsp3) is 0.609. The lowest BCUT2D eigenvalue weighted by atomic mass is 8.21. The van der Waals surface area contributed by atoms with Crippen LogP contribution in [-0.2, 0) is 19.0 Å². The number of hydrogen-bond donors (Lipinski definition) is 2. The number of nitro groups is 2. The van der Waals surface area contributed by atoms with Gasteiger partial charge >= 0.3 is 29.5 Å². The predicted octanol–water partition coefficient (Wildman–Crippen LogP) is -18.5. The average Bonchev–Trinajstić information content (AvgIpc) is 0.718. The maximum Gasteiger partial charge on any atom is 0.410 e. The van der Waals surface area contributed by atoms with Gasteiger partial charge in [-0.3, -0.25) is 40.0 Å². The van der Waals surface area contributed by atoms with Crippen LogP contribution in [0.2, 0.25) is 5.02 Å². The maximum absolute atomic E-state index is 12.2. The van der Waals surface area contributed by atoms with Crippen molar-refractivity contribution in [3.8, 4) is 0 Å². The Morgan fingerprint density at radius 3 is 0.934 bits per heavy atom. The molecule has 3 saturated heterocycles. The monoisotopic (exact) mass is 1730 g/mol. The number of hydrogen-bond acceptors (Lipinski definition) is 17. The molecule has 0 bridgehead atoms. The minimum Gasteiger partial charge on any atom is -0.460 e. The van der Waals surface area contributed by atoms with Crippen LogP contribution in [0.5, 0.6) is 0 Å². The number of halogens is 1. The zero-order chi connectivity index (χ0) is 106. The van der Waals surface area contributed by atoms with Gasteiger partial charge in [0.05, 0.1) is 33.3 Å². The molecule has 2 amide bonds. The average molecular weight is 1720 g/mol. The van der Waals surface area contributed by atoms with Gasteiger partial charge in [0.25, 0.3) is 0 Å². The summed E-state index contributed by atoms with van der Waals surface area (Å²) in [6, 6.07) is 4.88. The van der Waals surface area contributed by atoms with E-state index in [0.29, 0.717) is 43.5 Å². The summed E-state index contributed by atoms with van der Waals surface area (Å²) in [5, 5.41) is 24.6.